The molecule has 1 aromatic heterocycles. The lowest BCUT2D eigenvalue weighted by Gasteiger charge is -2.22. The first-order valence-corrected chi connectivity index (χ1v) is 9.14. The molecular formula is C24H21NO2. The Morgan fingerprint density at radius 2 is 1.59 bits per heavy atom. The Hall–Kier alpha value is -3.33. The Balaban J connectivity index is 1.63. The minimum absolute atomic E-state index is 0.0270. The predicted molar refractivity (Wildman–Crippen MR) is 108 cm³/mol. The molecule has 0 saturated heterocycles. The fourth-order valence-electron chi connectivity index (χ4n) is 3.33. The highest BCUT2D eigenvalue weighted by Gasteiger charge is 2.19. The van der Waals surface area contributed by atoms with E-state index < -0.39 is 0 Å². The minimum atomic E-state index is 0.0270. The molecule has 0 aliphatic carbocycles. The molecule has 3 aromatic carbocycles. The molecule has 27 heavy (non-hydrogen) atoms. The maximum absolute atomic E-state index is 13.4. The van der Waals surface area contributed by atoms with Crippen LogP contribution in [-0.4, -0.2) is 17.4 Å². The van der Waals surface area contributed by atoms with E-state index in [2.05, 4.69) is 12.1 Å². The first-order chi connectivity index (χ1) is 13.3. The van der Waals surface area contributed by atoms with Gasteiger partial charge in [0.1, 0.15) is 5.76 Å². The van der Waals surface area contributed by atoms with Gasteiger partial charge in [0, 0.05) is 12.1 Å². The van der Waals surface area contributed by atoms with Gasteiger partial charge in [-0.1, -0.05) is 66.7 Å². The summed E-state index contributed by atoms with van der Waals surface area (Å²) < 4.78 is 5.50. The molecule has 4 rings (SSSR count). The van der Waals surface area contributed by atoms with Crippen LogP contribution < -0.4 is 0 Å². The van der Waals surface area contributed by atoms with E-state index in [0.717, 1.165) is 28.5 Å². The lowest BCUT2D eigenvalue weighted by molar-refractivity contribution is 0.0735. The Bertz CT molecular complexity index is 1020. The monoisotopic (exact) mass is 355 g/mol. The smallest absolute Gasteiger partial charge is 0.254 e. The van der Waals surface area contributed by atoms with Crippen LogP contribution in [0.15, 0.2) is 95.6 Å². The first-order valence-electron chi connectivity index (χ1n) is 9.14. The summed E-state index contributed by atoms with van der Waals surface area (Å²) in [6.07, 6.45) is 2.45. The van der Waals surface area contributed by atoms with Gasteiger partial charge >= 0.3 is 0 Å². The number of carbonyl (C=O) groups excluding carboxylic acids is 1. The first kappa shape index (κ1) is 17.1. The number of furan rings is 1. The van der Waals surface area contributed by atoms with E-state index in [-0.39, 0.29) is 5.91 Å². The maximum Gasteiger partial charge on any atom is 0.254 e. The van der Waals surface area contributed by atoms with Crippen molar-refractivity contribution < 1.29 is 9.21 Å². The van der Waals surface area contributed by atoms with Crippen molar-refractivity contribution in [2.24, 2.45) is 0 Å². The van der Waals surface area contributed by atoms with Crippen LogP contribution in [-0.2, 0) is 13.0 Å². The molecule has 3 heteroatoms. The molecule has 0 atom stereocenters. The van der Waals surface area contributed by atoms with Gasteiger partial charge in [0.25, 0.3) is 5.91 Å². The number of amides is 1. The molecule has 0 radical (unpaired) electrons. The van der Waals surface area contributed by atoms with Crippen LogP contribution >= 0.6 is 0 Å². The van der Waals surface area contributed by atoms with Gasteiger partial charge in [-0.3, -0.25) is 4.79 Å². The summed E-state index contributed by atoms with van der Waals surface area (Å²) in [5.41, 5.74) is 1.94. The number of benzene rings is 3. The van der Waals surface area contributed by atoms with E-state index in [1.165, 1.54) is 5.56 Å². The number of fused-ring (bicyclic) bond motifs is 1. The van der Waals surface area contributed by atoms with Crippen molar-refractivity contribution in [3.63, 3.8) is 0 Å². The minimum Gasteiger partial charge on any atom is -0.467 e. The van der Waals surface area contributed by atoms with E-state index in [1.807, 2.05) is 77.7 Å². The van der Waals surface area contributed by atoms with Crippen LogP contribution in [0.4, 0.5) is 0 Å². The van der Waals surface area contributed by atoms with E-state index in [0.29, 0.717) is 13.1 Å². The summed E-state index contributed by atoms with van der Waals surface area (Å²) in [6.45, 7) is 1.09. The molecule has 1 amide bonds. The molecule has 0 aliphatic rings. The Morgan fingerprint density at radius 3 is 2.41 bits per heavy atom. The fraction of sp³-hybridized carbons (Fsp3) is 0.125. The summed E-state index contributed by atoms with van der Waals surface area (Å²) in [7, 11) is 0. The van der Waals surface area contributed by atoms with Crippen LogP contribution in [0.25, 0.3) is 10.8 Å². The number of nitrogens with zero attached hydrogens (tertiary/aromatic N) is 1. The van der Waals surface area contributed by atoms with E-state index in [1.54, 1.807) is 6.26 Å². The maximum atomic E-state index is 13.4. The van der Waals surface area contributed by atoms with Crippen LogP contribution in [0.1, 0.15) is 21.7 Å². The molecule has 0 unspecified atom stereocenters. The van der Waals surface area contributed by atoms with Crippen molar-refractivity contribution in [2.75, 3.05) is 6.54 Å². The molecule has 0 bridgehead atoms. The third-order valence-electron chi connectivity index (χ3n) is 4.75. The second-order valence-electron chi connectivity index (χ2n) is 6.57. The molecule has 0 aliphatic heterocycles. The largest absolute Gasteiger partial charge is 0.467 e. The van der Waals surface area contributed by atoms with Gasteiger partial charge in [0.2, 0.25) is 0 Å². The highest BCUT2D eigenvalue weighted by Crippen LogP contribution is 2.21. The van der Waals surface area contributed by atoms with Gasteiger partial charge < -0.3 is 9.32 Å². The van der Waals surface area contributed by atoms with E-state index in [9.17, 15) is 4.79 Å². The van der Waals surface area contributed by atoms with Crippen LogP contribution in [0, 0.1) is 0 Å². The van der Waals surface area contributed by atoms with E-state index in [4.69, 9.17) is 4.42 Å². The van der Waals surface area contributed by atoms with Crippen molar-refractivity contribution >= 4 is 16.7 Å². The third kappa shape index (κ3) is 3.93. The second kappa shape index (κ2) is 7.92. The SMILES string of the molecule is O=C(c1cccc2ccccc12)N(CCc1ccccc1)Cc1ccco1. The average Bonchev–Trinajstić information content (AvgIpc) is 3.24. The molecule has 0 spiro atoms. The van der Waals surface area contributed by atoms with Crippen molar-refractivity contribution in [3.05, 3.63) is 108 Å². The summed E-state index contributed by atoms with van der Waals surface area (Å²) in [5.74, 6) is 0.816. The number of hydrogen-bond donors (Lipinski definition) is 0. The standard InChI is InChI=1S/C24H21NO2/c26-24(23-14-6-11-20-10-4-5-13-22(20)23)25(18-21-12-7-17-27-21)16-15-19-8-2-1-3-9-19/h1-14,17H,15-16,18H2. The van der Waals surface area contributed by atoms with Crippen LogP contribution in [0.2, 0.25) is 0 Å². The highest BCUT2D eigenvalue weighted by molar-refractivity contribution is 6.07. The molecule has 0 N–H and O–H groups in total. The Labute approximate surface area is 158 Å². The molecule has 0 saturated carbocycles. The lowest BCUT2D eigenvalue weighted by atomic mass is 10.0. The Morgan fingerprint density at radius 1 is 0.815 bits per heavy atom. The van der Waals surface area contributed by atoms with Gasteiger partial charge in [-0.05, 0) is 41.0 Å². The Kier molecular flexibility index (Phi) is 5.01. The summed E-state index contributed by atoms with van der Waals surface area (Å²) in [6, 6.07) is 27.9. The topological polar surface area (TPSA) is 33.5 Å². The van der Waals surface area contributed by atoms with Crippen molar-refractivity contribution in [1.29, 1.82) is 0 Å². The van der Waals surface area contributed by atoms with Crippen molar-refractivity contribution in [3.8, 4) is 0 Å². The van der Waals surface area contributed by atoms with Gasteiger partial charge in [0.05, 0.1) is 12.8 Å². The molecule has 0 fully saturated rings. The third-order valence-corrected chi connectivity index (χ3v) is 4.75. The van der Waals surface area contributed by atoms with E-state index >= 15 is 0 Å². The summed E-state index contributed by atoms with van der Waals surface area (Å²) in [5, 5.41) is 2.05. The van der Waals surface area contributed by atoms with Gasteiger partial charge in [-0.25, -0.2) is 0 Å². The average molecular weight is 355 g/mol. The molecule has 3 nitrogen and oxygen atoms in total. The summed E-state index contributed by atoms with van der Waals surface area (Å²) in [4.78, 5) is 15.3. The fourth-order valence-corrected chi connectivity index (χ4v) is 3.33. The number of hydrogen-bond acceptors (Lipinski definition) is 2. The lowest BCUT2D eigenvalue weighted by Crippen LogP contribution is -2.32. The van der Waals surface area contributed by atoms with Gasteiger partial charge in [-0.15, -0.1) is 0 Å². The van der Waals surface area contributed by atoms with Crippen molar-refractivity contribution in [1.82, 2.24) is 4.90 Å². The van der Waals surface area contributed by atoms with Crippen molar-refractivity contribution in [2.45, 2.75) is 13.0 Å². The number of carbonyl (C=O) groups is 1. The zero-order valence-corrected chi connectivity index (χ0v) is 15.0. The van der Waals surface area contributed by atoms with Gasteiger partial charge in [-0.2, -0.15) is 0 Å². The van der Waals surface area contributed by atoms with Crippen LogP contribution in [0.3, 0.4) is 0 Å². The molecule has 4 aromatic rings. The molecular weight excluding hydrogens is 334 g/mol. The predicted octanol–water partition coefficient (Wildman–Crippen LogP) is 5.32. The summed E-state index contributed by atoms with van der Waals surface area (Å²) >= 11 is 0. The zero-order valence-electron chi connectivity index (χ0n) is 15.0. The molecule has 134 valence electrons. The normalized spacial score (nSPS) is 10.8. The van der Waals surface area contributed by atoms with Gasteiger partial charge in [0.15, 0.2) is 0 Å². The quantitative estimate of drug-likeness (QED) is 0.469. The van der Waals surface area contributed by atoms with Crippen LogP contribution in [0.5, 0.6) is 0 Å². The molecule has 1 heterocycles. The number of rotatable bonds is 6. The highest BCUT2D eigenvalue weighted by atomic mass is 16.3. The zero-order chi connectivity index (χ0) is 18.5. The second-order valence-corrected chi connectivity index (χ2v) is 6.57.